The highest BCUT2D eigenvalue weighted by atomic mass is 15.3. The molecule has 0 aromatic carbocycles. The van der Waals surface area contributed by atoms with E-state index in [1.165, 1.54) is 58.7 Å². The predicted molar refractivity (Wildman–Crippen MR) is 86.2 cm³/mol. The van der Waals surface area contributed by atoms with Gasteiger partial charge in [-0.3, -0.25) is 4.90 Å². The molecule has 0 radical (unpaired) electrons. The molecule has 2 aliphatic heterocycles. The number of rotatable bonds is 6. The van der Waals surface area contributed by atoms with Gasteiger partial charge in [-0.05, 0) is 51.4 Å². The Kier molecular flexibility index (Phi) is 6.75. The maximum absolute atomic E-state index is 3.75. The van der Waals surface area contributed by atoms with Gasteiger partial charge in [-0.1, -0.05) is 13.8 Å². The normalized spacial score (nSPS) is 27.9. The molecule has 4 heteroatoms. The maximum Gasteiger partial charge on any atom is 0.0244 e. The van der Waals surface area contributed by atoms with Gasteiger partial charge in [-0.15, -0.1) is 0 Å². The summed E-state index contributed by atoms with van der Waals surface area (Å²) in [6, 6.07) is 0.695. The zero-order valence-electron chi connectivity index (χ0n) is 13.7. The van der Waals surface area contributed by atoms with Crippen LogP contribution in [-0.4, -0.2) is 75.2 Å². The molecule has 2 N–H and O–H groups in total. The first-order chi connectivity index (χ1) is 9.66. The summed E-state index contributed by atoms with van der Waals surface area (Å²) in [5.74, 6) is 1.57. The molecule has 0 aromatic heterocycles. The number of likely N-dealkylation sites (N-methyl/N-ethyl adjacent to an activating group) is 1. The van der Waals surface area contributed by atoms with Gasteiger partial charge in [0.1, 0.15) is 0 Å². The number of nitrogens with zero attached hydrogens (tertiary/aromatic N) is 2. The van der Waals surface area contributed by atoms with Crippen molar-refractivity contribution in [3.8, 4) is 0 Å². The van der Waals surface area contributed by atoms with Crippen molar-refractivity contribution in [2.45, 2.75) is 32.7 Å². The van der Waals surface area contributed by atoms with E-state index in [0.29, 0.717) is 6.04 Å². The van der Waals surface area contributed by atoms with Crippen LogP contribution in [0.5, 0.6) is 0 Å². The third-order valence-electron chi connectivity index (χ3n) is 4.96. The average Bonchev–Trinajstić information content (AvgIpc) is 2.46. The van der Waals surface area contributed by atoms with Gasteiger partial charge in [-0.2, -0.15) is 0 Å². The van der Waals surface area contributed by atoms with Crippen LogP contribution in [0, 0.1) is 11.8 Å². The number of nitrogens with one attached hydrogen (secondary N) is 2. The zero-order chi connectivity index (χ0) is 14.4. The van der Waals surface area contributed by atoms with E-state index < -0.39 is 0 Å². The molecule has 0 amide bonds. The van der Waals surface area contributed by atoms with Crippen molar-refractivity contribution in [1.82, 2.24) is 20.4 Å². The van der Waals surface area contributed by atoms with E-state index in [4.69, 9.17) is 0 Å². The highest BCUT2D eigenvalue weighted by molar-refractivity contribution is 4.82. The van der Waals surface area contributed by atoms with Crippen LogP contribution < -0.4 is 10.6 Å². The van der Waals surface area contributed by atoms with Gasteiger partial charge in [0.2, 0.25) is 0 Å². The monoisotopic (exact) mass is 282 g/mol. The molecule has 0 saturated carbocycles. The summed E-state index contributed by atoms with van der Waals surface area (Å²) in [6.07, 6.45) is 2.74. The third kappa shape index (κ3) is 4.99. The van der Waals surface area contributed by atoms with Gasteiger partial charge in [0.25, 0.3) is 0 Å². The van der Waals surface area contributed by atoms with E-state index in [1.807, 2.05) is 0 Å². The molecule has 2 fully saturated rings. The Morgan fingerprint density at radius 1 is 1.20 bits per heavy atom. The molecule has 0 bridgehead atoms. The summed E-state index contributed by atoms with van der Waals surface area (Å²) < 4.78 is 0. The van der Waals surface area contributed by atoms with Crippen LogP contribution in [-0.2, 0) is 0 Å². The lowest BCUT2D eigenvalue weighted by molar-refractivity contribution is 0.0869. The molecular weight excluding hydrogens is 248 g/mol. The second kappa shape index (κ2) is 8.32. The van der Waals surface area contributed by atoms with Crippen molar-refractivity contribution >= 4 is 0 Å². The summed E-state index contributed by atoms with van der Waals surface area (Å²) in [7, 11) is 2.23. The first-order valence-corrected chi connectivity index (χ1v) is 8.51. The minimum atomic E-state index is 0.695. The topological polar surface area (TPSA) is 30.5 Å². The highest BCUT2D eigenvalue weighted by Gasteiger charge is 2.24. The number of hydrogen-bond donors (Lipinski definition) is 2. The molecule has 0 aromatic rings. The van der Waals surface area contributed by atoms with E-state index in [1.54, 1.807) is 0 Å². The van der Waals surface area contributed by atoms with Crippen LogP contribution >= 0.6 is 0 Å². The van der Waals surface area contributed by atoms with Gasteiger partial charge in [0.15, 0.2) is 0 Å². The van der Waals surface area contributed by atoms with E-state index in [-0.39, 0.29) is 0 Å². The second-order valence-corrected chi connectivity index (χ2v) is 7.02. The Morgan fingerprint density at radius 2 is 1.95 bits per heavy atom. The lowest BCUT2D eigenvalue weighted by atomic mass is 9.98. The van der Waals surface area contributed by atoms with Crippen LogP contribution in [0.3, 0.4) is 0 Å². The third-order valence-corrected chi connectivity index (χ3v) is 4.96. The molecule has 2 atom stereocenters. The SMILES string of the molecule is CC(C)C(CNCC1CCCNC1)N1CCN(C)CC1. The second-order valence-electron chi connectivity index (χ2n) is 7.02. The summed E-state index contributed by atoms with van der Waals surface area (Å²) in [4.78, 5) is 5.13. The Bertz CT molecular complexity index is 255. The van der Waals surface area contributed by atoms with Gasteiger partial charge in [-0.25, -0.2) is 0 Å². The summed E-state index contributed by atoms with van der Waals surface area (Å²) in [5.41, 5.74) is 0. The van der Waals surface area contributed by atoms with Crippen LogP contribution in [0.25, 0.3) is 0 Å². The average molecular weight is 282 g/mol. The molecule has 0 aliphatic carbocycles. The van der Waals surface area contributed by atoms with Crippen LogP contribution in [0.1, 0.15) is 26.7 Å². The number of piperazine rings is 1. The molecular formula is C16H34N4. The minimum absolute atomic E-state index is 0.695. The Labute approximate surface area is 125 Å². The fraction of sp³-hybridized carbons (Fsp3) is 1.00. The highest BCUT2D eigenvalue weighted by Crippen LogP contribution is 2.13. The van der Waals surface area contributed by atoms with Crippen LogP contribution in [0.15, 0.2) is 0 Å². The van der Waals surface area contributed by atoms with Crippen molar-refractivity contribution in [2.75, 3.05) is 59.4 Å². The Balaban J connectivity index is 1.71. The smallest absolute Gasteiger partial charge is 0.0244 e. The molecule has 118 valence electrons. The van der Waals surface area contributed by atoms with Crippen molar-refractivity contribution < 1.29 is 0 Å². The first kappa shape index (κ1) is 16.2. The minimum Gasteiger partial charge on any atom is -0.316 e. The van der Waals surface area contributed by atoms with Crippen LogP contribution in [0.2, 0.25) is 0 Å². The Hall–Kier alpha value is -0.160. The molecule has 2 saturated heterocycles. The fourth-order valence-corrected chi connectivity index (χ4v) is 3.47. The Morgan fingerprint density at radius 3 is 2.55 bits per heavy atom. The molecule has 0 spiro atoms. The maximum atomic E-state index is 3.75. The van der Waals surface area contributed by atoms with Crippen molar-refractivity contribution in [3.63, 3.8) is 0 Å². The summed E-state index contributed by atoms with van der Waals surface area (Å²) in [5, 5.41) is 7.26. The van der Waals surface area contributed by atoms with E-state index in [9.17, 15) is 0 Å². The molecule has 20 heavy (non-hydrogen) atoms. The van der Waals surface area contributed by atoms with Gasteiger partial charge in [0.05, 0.1) is 0 Å². The molecule has 2 aliphatic rings. The fourth-order valence-electron chi connectivity index (χ4n) is 3.47. The molecule has 2 heterocycles. The van der Waals surface area contributed by atoms with Gasteiger partial charge < -0.3 is 15.5 Å². The van der Waals surface area contributed by atoms with Gasteiger partial charge >= 0.3 is 0 Å². The van der Waals surface area contributed by atoms with Crippen molar-refractivity contribution in [1.29, 1.82) is 0 Å². The lowest BCUT2D eigenvalue weighted by Gasteiger charge is -2.40. The van der Waals surface area contributed by atoms with E-state index in [0.717, 1.165) is 18.4 Å². The standard InChI is InChI=1S/C16H34N4/c1-14(2)16(20-9-7-19(3)8-10-20)13-18-12-15-5-4-6-17-11-15/h14-18H,4-13H2,1-3H3. The number of piperidine rings is 1. The molecule has 2 rings (SSSR count). The molecule has 4 nitrogen and oxygen atoms in total. The summed E-state index contributed by atoms with van der Waals surface area (Å²) >= 11 is 0. The molecule has 2 unspecified atom stereocenters. The zero-order valence-corrected chi connectivity index (χ0v) is 13.7. The largest absolute Gasteiger partial charge is 0.316 e. The lowest BCUT2D eigenvalue weighted by Crippen LogP contribution is -2.54. The van der Waals surface area contributed by atoms with E-state index >= 15 is 0 Å². The first-order valence-electron chi connectivity index (χ1n) is 8.51. The van der Waals surface area contributed by atoms with Gasteiger partial charge in [0, 0.05) is 38.8 Å². The van der Waals surface area contributed by atoms with Crippen molar-refractivity contribution in [3.05, 3.63) is 0 Å². The number of hydrogen-bond acceptors (Lipinski definition) is 4. The quantitative estimate of drug-likeness (QED) is 0.756. The summed E-state index contributed by atoms with van der Waals surface area (Å²) in [6.45, 7) is 14.4. The predicted octanol–water partition coefficient (Wildman–Crippen LogP) is 0.848. The van der Waals surface area contributed by atoms with E-state index in [2.05, 4.69) is 41.3 Å². The van der Waals surface area contributed by atoms with Crippen LogP contribution in [0.4, 0.5) is 0 Å². The van der Waals surface area contributed by atoms with Crippen molar-refractivity contribution in [2.24, 2.45) is 11.8 Å².